The molecule has 0 saturated heterocycles. The summed E-state index contributed by atoms with van der Waals surface area (Å²) < 4.78 is 0. The second kappa shape index (κ2) is 8.96. The largest absolute Gasteiger partial charge is 0.397 e. The number of anilines is 1. The van der Waals surface area contributed by atoms with Crippen LogP contribution in [0.4, 0.5) is 5.69 Å². The van der Waals surface area contributed by atoms with E-state index in [1.54, 1.807) is 23.6 Å². The first-order valence-corrected chi connectivity index (χ1v) is 8.90. The number of nitrogens with two attached hydrogens (primary N) is 1. The lowest BCUT2D eigenvalue weighted by molar-refractivity contribution is -0.119. The number of carbonyl (C=O) groups is 1. The van der Waals surface area contributed by atoms with Gasteiger partial charge >= 0.3 is 0 Å². The van der Waals surface area contributed by atoms with E-state index in [2.05, 4.69) is 27.2 Å². The lowest BCUT2D eigenvalue weighted by atomic mass is 10.2. The van der Waals surface area contributed by atoms with Crippen LogP contribution >= 0.6 is 11.3 Å². The molecule has 0 aliphatic heterocycles. The molecule has 6 nitrogen and oxygen atoms in total. The van der Waals surface area contributed by atoms with Crippen LogP contribution in [0, 0.1) is 13.8 Å². The summed E-state index contributed by atoms with van der Waals surface area (Å²) in [7, 11) is 0. The first-order valence-electron chi connectivity index (χ1n) is 8.08. The molecule has 0 aliphatic carbocycles. The zero-order chi connectivity index (χ0) is 19.1. The molecule has 0 spiro atoms. The van der Waals surface area contributed by atoms with Crippen molar-refractivity contribution in [1.82, 2.24) is 10.3 Å². The van der Waals surface area contributed by atoms with E-state index in [1.807, 2.05) is 38.1 Å². The van der Waals surface area contributed by atoms with Crippen LogP contribution in [0.5, 0.6) is 0 Å². The van der Waals surface area contributed by atoms with Crippen LogP contribution in [0.3, 0.4) is 0 Å². The number of allylic oxidation sites excluding steroid dienone is 1. The van der Waals surface area contributed by atoms with E-state index in [-0.39, 0.29) is 5.91 Å². The molecule has 1 aromatic heterocycles. The van der Waals surface area contributed by atoms with Gasteiger partial charge in [-0.25, -0.2) is 9.98 Å². The highest BCUT2D eigenvalue weighted by atomic mass is 32.1. The maximum Gasteiger partial charge on any atom is 0.217 e. The van der Waals surface area contributed by atoms with E-state index in [0.717, 1.165) is 26.8 Å². The molecule has 2 aromatic rings. The summed E-state index contributed by atoms with van der Waals surface area (Å²) in [5.41, 5.74) is 9.46. The molecular formula is C19H23N5OS. The Labute approximate surface area is 157 Å². The van der Waals surface area contributed by atoms with E-state index in [9.17, 15) is 4.79 Å². The number of thiazole rings is 1. The monoisotopic (exact) mass is 369 g/mol. The summed E-state index contributed by atoms with van der Waals surface area (Å²) in [6.45, 7) is 9.75. The van der Waals surface area contributed by atoms with Crippen molar-refractivity contribution >= 4 is 34.8 Å². The maximum absolute atomic E-state index is 11.0. The topological polar surface area (TPSA) is 92.4 Å². The minimum Gasteiger partial charge on any atom is -0.397 e. The van der Waals surface area contributed by atoms with Gasteiger partial charge in [0.25, 0.3) is 0 Å². The third-order valence-corrected chi connectivity index (χ3v) is 4.53. The minimum absolute atomic E-state index is 0.0619. The number of amides is 1. The molecule has 1 amide bonds. The van der Waals surface area contributed by atoms with Gasteiger partial charge in [-0.1, -0.05) is 18.7 Å². The fourth-order valence-electron chi connectivity index (χ4n) is 2.27. The molecule has 0 atom stereocenters. The highest BCUT2D eigenvalue weighted by Gasteiger charge is 2.06. The number of benzene rings is 1. The Morgan fingerprint density at radius 3 is 2.85 bits per heavy atom. The van der Waals surface area contributed by atoms with Crippen LogP contribution < -0.4 is 16.4 Å². The molecule has 136 valence electrons. The van der Waals surface area contributed by atoms with Crippen LogP contribution in [0.15, 0.2) is 47.7 Å². The van der Waals surface area contributed by atoms with Crippen molar-refractivity contribution in [3.8, 4) is 0 Å². The summed E-state index contributed by atoms with van der Waals surface area (Å²) in [6.07, 6.45) is 3.35. The van der Waals surface area contributed by atoms with Gasteiger partial charge in [-0.3, -0.25) is 4.79 Å². The van der Waals surface area contributed by atoms with E-state index in [0.29, 0.717) is 18.1 Å². The fraction of sp³-hybridized carbons (Fsp3) is 0.211. The number of hydrogen-bond donors (Lipinski definition) is 3. The number of nitrogens with one attached hydrogen (secondary N) is 2. The van der Waals surface area contributed by atoms with Crippen molar-refractivity contribution in [2.45, 2.75) is 27.3 Å². The zero-order valence-corrected chi connectivity index (χ0v) is 16.0. The molecule has 0 aliphatic rings. The summed E-state index contributed by atoms with van der Waals surface area (Å²) in [4.78, 5) is 20.6. The quantitative estimate of drug-likeness (QED) is 0.653. The maximum atomic E-state index is 11.0. The van der Waals surface area contributed by atoms with Crippen molar-refractivity contribution in [2.75, 3.05) is 5.32 Å². The number of aryl methyl sites for hydroxylation is 2. The lowest BCUT2D eigenvalue weighted by Gasteiger charge is -2.08. The van der Waals surface area contributed by atoms with Crippen LogP contribution in [-0.2, 0) is 11.3 Å². The first-order chi connectivity index (χ1) is 12.3. The van der Waals surface area contributed by atoms with Gasteiger partial charge in [0.15, 0.2) is 0 Å². The molecule has 2 rings (SSSR count). The molecule has 0 unspecified atom stereocenters. The third kappa shape index (κ3) is 5.86. The van der Waals surface area contributed by atoms with Gasteiger partial charge in [0.2, 0.25) is 5.91 Å². The van der Waals surface area contributed by atoms with E-state index >= 15 is 0 Å². The molecule has 0 radical (unpaired) electrons. The average Bonchev–Trinajstić information content (AvgIpc) is 2.91. The van der Waals surface area contributed by atoms with Crippen LogP contribution in [0.1, 0.15) is 28.1 Å². The van der Waals surface area contributed by atoms with E-state index in [4.69, 9.17) is 5.73 Å². The van der Waals surface area contributed by atoms with Gasteiger partial charge in [0, 0.05) is 25.4 Å². The molecule has 1 aromatic carbocycles. The smallest absolute Gasteiger partial charge is 0.217 e. The van der Waals surface area contributed by atoms with Gasteiger partial charge in [0.05, 0.1) is 21.3 Å². The minimum atomic E-state index is -0.0619. The summed E-state index contributed by atoms with van der Waals surface area (Å²) in [6, 6.07) is 7.69. The molecular weight excluding hydrogens is 346 g/mol. The normalized spacial score (nSPS) is 11.6. The lowest BCUT2D eigenvalue weighted by Crippen LogP contribution is -2.18. The van der Waals surface area contributed by atoms with Gasteiger partial charge in [-0.15, -0.1) is 11.3 Å². The standard InChI is InChI=1S/C19H23N5OS/c1-12-19(26-15(4)23-12)18(20)8-9-21-13(2)24-17-7-5-6-16(10-17)11-22-14(3)25/h5-10,24H,2,11,20H2,1,3-4H3,(H,22,25)/b18-8-,21-9?. The Morgan fingerprint density at radius 1 is 1.42 bits per heavy atom. The number of aromatic nitrogens is 1. The SMILES string of the molecule is C=C(N=C/C=C(\N)c1sc(C)nc1C)Nc1cccc(CNC(C)=O)c1. The number of rotatable bonds is 7. The van der Waals surface area contributed by atoms with Gasteiger partial charge in [-0.05, 0) is 37.6 Å². The molecule has 1 heterocycles. The third-order valence-electron chi connectivity index (χ3n) is 3.41. The predicted octanol–water partition coefficient (Wildman–Crippen LogP) is 3.35. The number of aliphatic imine (C=N–C) groups is 1. The molecule has 0 bridgehead atoms. The molecule has 0 fully saturated rings. The highest BCUT2D eigenvalue weighted by Crippen LogP contribution is 2.22. The Morgan fingerprint density at radius 2 is 2.19 bits per heavy atom. The number of nitrogens with zero attached hydrogens (tertiary/aromatic N) is 2. The molecule has 0 saturated carbocycles. The number of hydrogen-bond acceptors (Lipinski definition) is 6. The summed E-state index contributed by atoms with van der Waals surface area (Å²) in [5.74, 6) is 0.427. The second-order valence-corrected chi connectivity index (χ2v) is 6.93. The molecule has 26 heavy (non-hydrogen) atoms. The fourth-order valence-corrected chi connectivity index (χ4v) is 3.12. The zero-order valence-electron chi connectivity index (χ0n) is 15.2. The van der Waals surface area contributed by atoms with Gasteiger partial charge < -0.3 is 16.4 Å². The van der Waals surface area contributed by atoms with Gasteiger partial charge in [0.1, 0.15) is 5.82 Å². The van der Waals surface area contributed by atoms with Crippen molar-refractivity contribution in [3.05, 3.63) is 63.9 Å². The number of carbonyl (C=O) groups excluding carboxylic acids is 1. The van der Waals surface area contributed by atoms with Crippen LogP contribution in [-0.4, -0.2) is 17.1 Å². The van der Waals surface area contributed by atoms with Crippen LogP contribution in [0.2, 0.25) is 0 Å². The Hall–Kier alpha value is -2.93. The average molecular weight is 369 g/mol. The molecule has 7 heteroatoms. The molecule has 4 N–H and O–H groups in total. The van der Waals surface area contributed by atoms with Crippen molar-refractivity contribution in [3.63, 3.8) is 0 Å². The van der Waals surface area contributed by atoms with Crippen molar-refractivity contribution in [1.29, 1.82) is 0 Å². The van der Waals surface area contributed by atoms with Crippen molar-refractivity contribution in [2.24, 2.45) is 10.7 Å². The van der Waals surface area contributed by atoms with E-state index in [1.165, 1.54) is 6.92 Å². The highest BCUT2D eigenvalue weighted by molar-refractivity contribution is 7.12. The second-order valence-electron chi connectivity index (χ2n) is 5.73. The first kappa shape index (κ1) is 19.4. The Kier molecular flexibility index (Phi) is 6.68. The van der Waals surface area contributed by atoms with Crippen LogP contribution in [0.25, 0.3) is 5.70 Å². The predicted molar refractivity (Wildman–Crippen MR) is 109 cm³/mol. The summed E-state index contributed by atoms with van der Waals surface area (Å²) in [5, 5.41) is 6.86. The van der Waals surface area contributed by atoms with Gasteiger partial charge in [-0.2, -0.15) is 0 Å². The van der Waals surface area contributed by atoms with Crippen molar-refractivity contribution < 1.29 is 4.79 Å². The van der Waals surface area contributed by atoms with E-state index < -0.39 is 0 Å². The Balaban J connectivity index is 1.96. The summed E-state index contributed by atoms with van der Waals surface area (Å²) >= 11 is 1.56. The Bertz CT molecular complexity index is 867.